The Hall–Kier alpha value is -0.810. The van der Waals surface area contributed by atoms with E-state index >= 15 is 0 Å². The summed E-state index contributed by atoms with van der Waals surface area (Å²) in [7, 11) is 1.62. The van der Waals surface area contributed by atoms with Crippen LogP contribution in [-0.4, -0.2) is 41.3 Å². The fourth-order valence-corrected chi connectivity index (χ4v) is 1.86. The van der Waals surface area contributed by atoms with E-state index in [0.29, 0.717) is 15.6 Å². The molecule has 1 aromatic carbocycles. The summed E-state index contributed by atoms with van der Waals surface area (Å²) < 4.78 is 0. The first-order chi connectivity index (χ1) is 7.97. The molecule has 1 aromatic rings. The van der Waals surface area contributed by atoms with Crippen molar-refractivity contribution >= 4 is 29.2 Å². The third kappa shape index (κ3) is 3.57. The molecule has 0 heterocycles. The van der Waals surface area contributed by atoms with E-state index in [1.807, 2.05) is 0 Å². The number of likely N-dealkylation sites (N-methyl/N-ethyl adjacent to an activating group) is 1. The van der Waals surface area contributed by atoms with E-state index in [4.69, 9.17) is 28.3 Å². The van der Waals surface area contributed by atoms with Gasteiger partial charge >= 0.3 is 5.97 Å². The minimum absolute atomic E-state index is 0.110. The van der Waals surface area contributed by atoms with Gasteiger partial charge in [0.1, 0.15) is 6.04 Å². The largest absolute Gasteiger partial charge is 0.480 e. The Morgan fingerprint density at radius 1 is 1.41 bits per heavy atom. The van der Waals surface area contributed by atoms with Crippen LogP contribution in [0.4, 0.5) is 0 Å². The van der Waals surface area contributed by atoms with Gasteiger partial charge in [0.05, 0.1) is 16.7 Å². The maximum Gasteiger partial charge on any atom is 0.325 e. The molecule has 6 heteroatoms. The molecule has 94 valence electrons. The number of nitrogens with zero attached hydrogens (tertiary/aromatic N) is 1. The number of carbonyl (C=O) groups is 1. The second kappa shape index (κ2) is 6.21. The summed E-state index contributed by atoms with van der Waals surface area (Å²) in [5, 5.41) is 18.7. The minimum atomic E-state index is -1.00. The second-order valence-corrected chi connectivity index (χ2v) is 4.43. The standard InChI is InChI=1S/C11H13Cl2NO3/c1-14(4-5-15)10(11(16)17)7-2-3-8(12)9(13)6-7/h2-3,6,10,15H,4-5H2,1H3,(H,16,17). The number of carboxylic acids is 1. The number of halogens is 2. The third-order valence-corrected chi connectivity index (χ3v) is 3.13. The van der Waals surface area contributed by atoms with Gasteiger partial charge in [-0.3, -0.25) is 9.69 Å². The van der Waals surface area contributed by atoms with E-state index in [-0.39, 0.29) is 13.2 Å². The molecular weight excluding hydrogens is 265 g/mol. The fraction of sp³-hybridized carbons (Fsp3) is 0.364. The lowest BCUT2D eigenvalue weighted by atomic mass is 10.1. The lowest BCUT2D eigenvalue weighted by Gasteiger charge is -2.24. The molecule has 0 bridgehead atoms. The zero-order chi connectivity index (χ0) is 13.0. The van der Waals surface area contributed by atoms with Crippen LogP contribution >= 0.6 is 23.2 Å². The topological polar surface area (TPSA) is 60.8 Å². The molecule has 0 saturated heterocycles. The molecule has 0 aliphatic heterocycles. The third-order valence-electron chi connectivity index (χ3n) is 2.39. The van der Waals surface area contributed by atoms with E-state index in [2.05, 4.69) is 0 Å². The first kappa shape index (κ1) is 14.3. The van der Waals surface area contributed by atoms with Crippen molar-refractivity contribution in [3.05, 3.63) is 33.8 Å². The maximum absolute atomic E-state index is 11.2. The van der Waals surface area contributed by atoms with Crippen LogP contribution in [0.15, 0.2) is 18.2 Å². The highest BCUT2D eigenvalue weighted by atomic mass is 35.5. The minimum Gasteiger partial charge on any atom is -0.480 e. The SMILES string of the molecule is CN(CCO)C(C(=O)O)c1ccc(Cl)c(Cl)c1. The smallest absolute Gasteiger partial charge is 0.325 e. The number of benzene rings is 1. The molecule has 2 N–H and O–H groups in total. The molecule has 0 saturated carbocycles. The van der Waals surface area contributed by atoms with Gasteiger partial charge in [-0.25, -0.2) is 0 Å². The number of hydrogen-bond donors (Lipinski definition) is 2. The summed E-state index contributed by atoms with van der Waals surface area (Å²) in [4.78, 5) is 12.7. The van der Waals surface area contributed by atoms with Gasteiger partial charge in [-0.05, 0) is 24.7 Å². The highest BCUT2D eigenvalue weighted by molar-refractivity contribution is 6.42. The Morgan fingerprint density at radius 2 is 2.06 bits per heavy atom. The van der Waals surface area contributed by atoms with E-state index < -0.39 is 12.0 Å². The molecule has 17 heavy (non-hydrogen) atoms. The second-order valence-electron chi connectivity index (χ2n) is 3.62. The lowest BCUT2D eigenvalue weighted by molar-refractivity contribution is -0.143. The van der Waals surface area contributed by atoms with Crippen LogP contribution in [0.3, 0.4) is 0 Å². The molecule has 0 fully saturated rings. The van der Waals surface area contributed by atoms with Gasteiger partial charge in [0.25, 0.3) is 0 Å². The van der Waals surface area contributed by atoms with Gasteiger partial charge in [0.15, 0.2) is 0 Å². The van der Waals surface area contributed by atoms with Crippen molar-refractivity contribution in [2.45, 2.75) is 6.04 Å². The number of hydrogen-bond acceptors (Lipinski definition) is 3. The monoisotopic (exact) mass is 277 g/mol. The fourth-order valence-electron chi connectivity index (χ4n) is 1.55. The number of carboxylic acid groups (broad SMARTS) is 1. The predicted octanol–water partition coefficient (Wildman–Crippen LogP) is 2.04. The van der Waals surface area contributed by atoms with Gasteiger partial charge in [0, 0.05) is 6.54 Å². The number of aliphatic carboxylic acids is 1. The van der Waals surface area contributed by atoms with E-state index in [9.17, 15) is 9.90 Å². The molecule has 0 aliphatic rings. The van der Waals surface area contributed by atoms with E-state index in [1.165, 1.54) is 11.0 Å². The van der Waals surface area contributed by atoms with Crippen LogP contribution in [0.5, 0.6) is 0 Å². The highest BCUT2D eigenvalue weighted by Gasteiger charge is 2.24. The van der Waals surface area contributed by atoms with Crippen molar-refractivity contribution < 1.29 is 15.0 Å². The van der Waals surface area contributed by atoms with Gasteiger partial charge in [-0.15, -0.1) is 0 Å². The molecule has 0 amide bonds. The van der Waals surface area contributed by atoms with Crippen LogP contribution in [0.1, 0.15) is 11.6 Å². The zero-order valence-electron chi connectivity index (χ0n) is 9.23. The first-order valence-corrected chi connectivity index (χ1v) is 5.71. The van der Waals surface area contributed by atoms with Crippen LogP contribution in [0.2, 0.25) is 10.0 Å². The molecule has 0 aromatic heterocycles. The number of aliphatic hydroxyl groups is 1. The molecular formula is C11H13Cl2NO3. The summed E-state index contributed by atoms with van der Waals surface area (Å²) in [6.07, 6.45) is 0. The van der Waals surface area contributed by atoms with E-state index in [0.717, 1.165) is 0 Å². The predicted molar refractivity (Wildman–Crippen MR) is 66.6 cm³/mol. The van der Waals surface area contributed by atoms with Crippen molar-refractivity contribution in [2.75, 3.05) is 20.2 Å². The van der Waals surface area contributed by atoms with Crippen LogP contribution in [0.25, 0.3) is 0 Å². The normalized spacial score (nSPS) is 12.8. The molecule has 1 unspecified atom stereocenters. The Morgan fingerprint density at radius 3 is 2.53 bits per heavy atom. The molecule has 0 spiro atoms. The Labute approximate surface area is 109 Å². The van der Waals surface area contributed by atoms with Crippen LogP contribution in [-0.2, 0) is 4.79 Å². The zero-order valence-corrected chi connectivity index (χ0v) is 10.7. The number of aliphatic hydroxyl groups excluding tert-OH is 1. The lowest BCUT2D eigenvalue weighted by Crippen LogP contribution is -2.32. The first-order valence-electron chi connectivity index (χ1n) is 4.96. The van der Waals surface area contributed by atoms with Gasteiger partial charge < -0.3 is 10.2 Å². The summed E-state index contributed by atoms with van der Waals surface area (Å²) in [6, 6.07) is 3.84. The van der Waals surface area contributed by atoms with Gasteiger partial charge in [-0.1, -0.05) is 29.3 Å². The van der Waals surface area contributed by atoms with Crippen LogP contribution < -0.4 is 0 Å². The van der Waals surface area contributed by atoms with Crippen LogP contribution in [0, 0.1) is 0 Å². The van der Waals surface area contributed by atoms with Crippen molar-refractivity contribution in [1.82, 2.24) is 4.90 Å². The van der Waals surface area contributed by atoms with Crippen molar-refractivity contribution in [1.29, 1.82) is 0 Å². The van der Waals surface area contributed by atoms with E-state index in [1.54, 1.807) is 19.2 Å². The molecule has 0 aliphatic carbocycles. The summed E-state index contributed by atoms with van der Waals surface area (Å²) >= 11 is 11.6. The average molecular weight is 278 g/mol. The van der Waals surface area contributed by atoms with Crippen molar-refractivity contribution in [3.8, 4) is 0 Å². The van der Waals surface area contributed by atoms with Gasteiger partial charge in [-0.2, -0.15) is 0 Å². The summed E-state index contributed by atoms with van der Waals surface area (Å²) in [6.45, 7) is 0.152. The highest BCUT2D eigenvalue weighted by Crippen LogP contribution is 2.27. The Balaban J connectivity index is 3.05. The molecule has 1 rings (SSSR count). The average Bonchev–Trinajstić information content (AvgIpc) is 2.23. The molecule has 4 nitrogen and oxygen atoms in total. The quantitative estimate of drug-likeness (QED) is 0.865. The Bertz CT molecular complexity index is 412. The van der Waals surface area contributed by atoms with Crippen molar-refractivity contribution in [2.24, 2.45) is 0 Å². The number of rotatable bonds is 5. The Kier molecular flexibility index (Phi) is 5.21. The maximum atomic E-state index is 11.2. The summed E-state index contributed by atoms with van der Waals surface area (Å²) in [5.41, 5.74) is 0.530. The molecule has 0 radical (unpaired) electrons. The molecule has 1 atom stereocenters. The van der Waals surface area contributed by atoms with Gasteiger partial charge in [0.2, 0.25) is 0 Å². The van der Waals surface area contributed by atoms with Crippen molar-refractivity contribution in [3.63, 3.8) is 0 Å². The summed E-state index contributed by atoms with van der Waals surface area (Å²) in [5.74, 6) is -1.00.